The smallest absolute Gasteiger partial charge is 0.116 e. The Morgan fingerprint density at radius 1 is 0.500 bits per heavy atom. The minimum absolute atomic E-state index is 0. The predicted molar refractivity (Wildman–Crippen MR) is 243 cm³/mol. The molecule has 6 nitrogen and oxygen atoms in total. The molecule has 6 aliphatic carbocycles. The summed E-state index contributed by atoms with van der Waals surface area (Å²) in [5, 5.41) is 29.2. The zero-order valence-electron chi connectivity index (χ0n) is 36.3. The fourth-order valence-corrected chi connectivity index (χ4v) is 12.7. The summed E-state index contributed by atoms with van der Waals surface area (Å²) < 4.78 is 0. The second-order valence-corrected chi connectivity index (χ2v) is 20.0. The molecule has 0 unspecified atom stereocenters. The van der Waals surface area contributed by atoms with E-state index in [0.717, 1.165) is 53.9 Å². The third-order valence-electron chi connectivity index (χ3n) is 15.0. The Labute approximate surface area is 357 Å². The molecule has 6 aliphatic rings. The van der Waals surface area contributed by atoms with E-state index in [2.05, 4.69) is 81.3 Å². The zero-order valence-corrected chi connectivity index (χ0v) is 37.2. The quantitative estimate of drug-likeness (QED) is 0.200. The topological polar surface area (TPSA) is 70.4 Å². The van der Waals surface area contributed by atoms with Crippen molar-refractivity contribution >= 4 is 18.0 Å². The number of phenolic OH excluding ortho intramolecular Hbond substituents is 3. The van der Waals surface area contributed by atoms with Gasteiger partial charge in [-0.25, -0.2) is 0 Å². The van der Waals surface area contributed by atoms with Crippen molar-refractivity contribution in [2.24, 2.45) is 53.3 Å². The summed E-state index contributed by atoms with van der Waals surface area (Å²) in [5.41, 5.74) is 5.37. The van der Waals surface area contributed by atoms with E-state index in [1.165, 1.54) is 106 Å². The molecule has 7 heteroatoms. The van der Waals surface area contributed by atoms with E-state index in [1.54, 1.807) is 18.2 Å². The molecule has 6 bridgehead atoms. The van der Waals surface area contributed by atoms with Crippen LogP contribution in [-0.4, -0.2) is 91.9 Å². The molecule has 3 aromatic carbocycles. The van der Waals surface area contributed by atoms with E-state index < -0.39 is 0 Å². The zero-order chi connectivity index (χ0) is 40.2. The third kappa shape index (κ3) is 11.0. The Kier molecular flexibility index (Phi) is 15.4. The molecule has 3 N–H and O–H groups in total. The van der Waals surface area contributed by atoms with E-state index in [1.807, 2.05) is 36.4 Å². The van der Waals surface area contributed by atoms with Gasteiger partial charge in [-0.1, -0.05) is 55.3 Å². The van der Waals surface area contributed by atoms with Crippen LogP contribution >= 0.6 is 12.4 Å². The minimum atomic E-state index is 0. The van der Waals surface area contributed by atoms with Crippen molar-refractivity contribution in [3.05, 3.63) is 95.6 Å². The van der Waals surface area contributed by atoms with Crippen LogP contribution in [0.1, 0.15) is 99.2 Å². The standard InChI is InChI=1S/2C17H25NO.C17H23NO.ClH/c3*1-18(2)11-17-14-7-6-12(8-14)9-16(17)13-4-3-5-15(19)10-13;/h2*3-5,10,12,14,16-17,19H,6-9,11H2,1-2H3;3-5,9-10,12,14,17,19H,6-8,11H2,1-2H3;1H/t2*12-,14+,16+,17+;12-,14+,17+;/m111./s1. The SMILES string of the molecule is CN(C)C[C@@H]1C(c2cccc(O)c2)=C[C@@H]2CC[C@H]1C2.CN(C)C[C@H]1[C@H]2CC[C@H](C2)C[C@H]1c1cccc(O)c1.CN(C)C[C@H]1[C@H]2CC[C@H](C2)C[C@H]1c1cccc(O)c1.Cl. The van der Waals surface area contributed by atoms with Gasteiger partial charge in [0.25, 0.3) is 0 Å². The van der Waals surface area contributed by atoms with Crippen LogP contribution in [0.2, 0.25) is 0 Å². The van der Waals surface area contributed by atoms with Gasteiger partial charge in [0, 0.05) is 19.6 Å². The highest BCUT2D eigenvalue weighted by Gasteiger charge is 2.44. The van der Waals surface area contributed by atoms with E-state index in [9.17, 15) is 15.3 Å². The van der Waals surface area contributed by atoms with Gasteiger partial charge in [0.2, 0.25) is 0 Å². The molecule has 0 saturated heterocycles. The molecule has 9 rings (SSSR count). The van der Waals surface area contributed by atoms with Crippen molar-refractivity contribution in [2.75, 3.05) is 61.9 Å². The van der Waals surface area contributed by atoms with Gasteiger partial charge >= 0.3 is 0 Å². The van der Waals surface area contributed by atoms with Crippen molar-refractivity contribution in [1.82, 2.24) is 14.7 Å². The van der Waals surface area contributed by atoms with Crippen molar-refractivity contribution < 1.29 is 15.3 Å². The van der Waals surface area contributed by atoms with E-state index >= 15 is 0 Å². The number of phenols is 3. The maximum absolute atomic E-state index is 9.75. The van der Waals surface area contributed by atoms with Crippen LogP contribution in [-0.2, 0) is 0 Å². The average molecular weight is 813 g/mol. The fraction of sp³-hybridized carbons (Fsp3) is 0.608. The normalized spacial score (nSPS) is 31.9. The van der Waals surface area contributed by atoms with E-state index in [-0.39, 0.29) is 12.4 Å². The van der Waals surface area contributed by atoms with Crippen LogP contribution < -0.4 is 0 Å². The molecule has 5 fully saturated rings. The first kappa shape index (κ1) is 44.5. The summed E-state index contributed by atoms with van der Waals surface area (Å²) in [4.78, 5) is 6.96. The first-order valence-electron chi connectivity index (χ1n) is 22.4. The molecule has 0 heterocycles. The highest BCUT2D eigenvalue weighted by molar-refractivity contribution is 5.85. The summed E-state index contributed by atoms with van der Waals surface area (Å²) >= 11 is 0. The summed E-state index contributed by atoms with van der Waals surface area (Å²) in [6, 6.07) is 23.7. The monoisotopic (exact) mass is 812 g/mol. The maximum Gasteiger partial charge on any atom is 0.116 e. The summed E-state index contributed by atoms with van der Waals surface area (Å²) in [6.07, 6.45) is 17.7. The number of hydrogen-bond donors (Lipinski definition) is 3. The fourth-order valence-electron chi connectivity index (χ4n) is 12.7. The molecule has 58 heavy (non-hydrogen) atoms. The largest absolute Gasteiger partial charge is 0.508 e. The lowest BCUT2D eigenvalue weighted by molar-refractivity contribution is 0.165. The van der Waals surface area contributed by atoms with Crippen LogP contribution in [0.5, 0.6) is 17.2 Å². The summed E-state index contributed by atoms with van der Waals surface area (Å²) in [5.74, 6) is 9.87. The van der Waals surface area contributed by atoms with Gasteiger partial charge in [0.05, 0.1) is 0 Å². The second-order valence-electron chi connectivity index (χ2n) is 20.0. The van der Waals surface area contributed by atoms with Gasteiger partial charge in [-0.15, -0.1) is 12.4 Å². The highest BCUT2D eigenvalue weighted by Crippen LogP contribution is 2.54. The van der Waals surface area contributed by atoms with Gasteiger partial charge in [-0.3, -0.25) is 0 Å². The van der Waals surface area contributed by atoms with Crippen LogP contribution in [0.15, 0.2) is 78.9 Å². The van der Waals surface area contributed by atoms with Crippen LogP contribution in [0.25, 0.3) is 5.57 Å². The Morgan fingerprint density at radius 2 is 0.966 bits per heavy atom. The van der Waals surface area contributed by atoms with Crippen LogP contribution in [0.3, 0.4) is 0 Å². The summed E-state index contributed by atoms with van der Waals surface area (Å²) in [7, 11) is 13.0. The molecule has 0 spiro atoms. The second kappa shape index (κ2) is 20.0. The average Bonchev–Trinajstić information content (AvgIpc) is 3.89. The van der Waals surface area contributed by atoms with Crippen molar-refractivity contribution in [1.29, 1.82) is 0 Å². The molecule has 318 valence electrons. The molecule has 0 amide bonds. The number of allylic oxidation sites excluding steroid dienone is 1. The molecule has 0 aromatic heterocycles. The Balaban J connectivity index is 0.000000145. The van der Waals surface area contributed by atoms with Gasteiger partial charge in [-0.2, -0.15) is 0 Å². The number of halogens is 1. The number of hydrogen-bond acceptors (Lipinski definition) is 6. The predicted octanol–water partition coefficient (Wildman–Crippen LogP) is 10.8. The number of rotatable bonds is 9. The lowest BCUT2D eigenvalue weighted by atomic mass is 9.69. The Morgan fingerprint density at radius 3 is 1.43 bits per heavy atom. The molecular formula is C51H74ClN3O3. The first-order valence-corrected chi connectivity index (χ1v) is 22.4. The third-order valence-corrected chi connectivity index (χ3v) is 15.0. The van der Waals surface area contributed by atoms with Gasteiger partial charge in [0.1, 0.15) is 17.2 Å². The molecular weight excluding hydrogens is 738 g/mol. The number of fused-ring (bicyclic) bond motifs is 6. The van der Waals surface area contributed by atoms with Crippen molar-refractivity contribution in [2.45, 2.75) is 82.5 Å². The molecule has 0 aliphatic heterocycles. The van der Waals surface area contributed by atoms with Gasteiger partial charge in [0.15, 0.2) is 0 Å². The number of aromatic hydroxyl groups is 3. The highest BCUT2D eigenvalue weighted by atomic mass is 35.5. The summed E-state index contributed by atoms with van der Waals surface area (Å²) in [6.45, 7) is 3.47. The van der Waals surface area contributed by atoms with Crippen molar-refractivity contribution in [3.63, 3.8) is 0 Å². The minimum Gasteiger partial charge on any atom is -0.508 e. The molecule has 11 atom stereocenters. The lowest BCUT2D eigenvalue weighted by Crippen LogP contribution is -2.34. The van der Waals surface area contributed by atoms with Gasteiger partial charge < -0.3 is 30.0 Å². The van der Waals surface area contributed by atoms with Crippen LogP contribution in [0, 0.1) is 53.3 Å². The van der Waals surface area contributed by atoms with Crippen molar-refractivity contribution in [3.8, 4) is 17.2 Å². The van der Waals surface area contributed by atoms with Crippen LogP contribution in [0.4, 0.5) is 0 Å². The number of benzene rings is 3. The maximum atomic E-state index is 9.75. The van der Waals surface area contributed by atoms with E-state index in [0.29, 0.717) is 35.0 Å². The Bertz CT molecular complexity index is 1710. The lowest BCUT2D eigenvalue weighted by Gasteiger charge is -2.38. The molecule has 3 aromatic rings. The van der Waals surface area contributed by atoms with E-state index in [4.69, 9.17) is 0 Å². The van der Waals surface area contributed by atoms with Gasteiger partial charge in [-0.05, 0) is 224 Å². The molecule has 5 saturated carbocycles. The first-order chi connectivity index (χ1) is 27.4. The number of nitrogens with zero attached hydrogens (tertiary/aromatic N) is 3. The molecule has 0 radical (unpaired) electrons. The Hall–Kier alpha value is -3.03.